The molecule has 1 heterocycles. The van der Waals surface area contributed by atoms with Crippen molar-refractivity contribution in [1.82, 2.24) is 4.98 Å². The number of aromatic nitrogens is 1. The van der Waals surface area contributed by atoms with Crippen molar-refractivity contribution >= 4 is 10.4 Å². The number of hydrogen-bond donors (Lipinski definition) is 0. The van der Waals surface area contributed by atoms with Crippen LogP contribution in [0.3, 0.4) is 0 Å². The highest BCUT2D eigenvalue weighted by Gasteiger charge is 1.89. The molecule has 0 aliphatic carbocycles. The van der Waals surface area contributed by atoms with Crippen LogP contribution in [0.15, 0.2) is 24.4 Å². The molecule has 0 bridgehead atoms. The fourth-order valence-electron chi connectivity index (χ4n) is 0.753. The third-order valence-electron chi connectivity index (χ3n) is 1.29. The first-order chi connectivity index (χ1) is 6.93. The highest BCUT2D eigenvalue weighted by molar-refractivity contribution is 7.79. The molecule has 0 unspecified atom stereocenters. The third-order valence-corrected chi connectivity index (χ3v) is 1.29. The Morgan fingerprint density at radius 2 is 2.00 bits per heavy atom. The van der Waals surface area contributed by atoms with Crippen LogP contribution in [-0.4, -0.2) is 36.2 Å². The summed E-state index contributed by atoms with van der Waals surface area (Å²) in [4.78, 5) is 4.14. The Labute approximate surface area is 88.5 Å². The molecule has 0 spiro atoms. The van der Waals surface area contributed by atoms with Gasteiger partial charge in [-0.25, -0.2) is 0 Å². The van der Waals surface area contributed by atoms with E-state index in [0.29, 0.717) is 0 Å². The summed E-state index contributed by atoms with van der Waals surface area (Å²) in [6, 6.07) is 5.90. The van der Waals surface area contributed by atoms with Gasteiger partial charge in [-0.05, 0) is 12.1 Å². The van der Waals surface area contributed by atoms with Crippen LogP contribution in [-0.2, 0) is 21.6 Å². The van der Waals surface area contributed by atoms with Gasteiger partial charge in [0.1, 0.15) is 0 Å². The molecule has 0 fully saturated rings. The van der Waals surface area contributed by atoms with Crippen molar-refractivity contribution in [3.05, 3.63) is 30.1 Å². The van der Waals surface area contributed by atoms with Gasteiger partial charge in [-0.15, -0.1) is 0 Å². The Hall–Kier alpha value is -1.02. The molecule has 0 N–H and O–H groups in total. The zero-order valence-corrected chi connectivity index (χ0v) is 8.94. The van der Waals surface area contributed by atoms with Crippen molar-refractivity contribution in [2.75, 3.05) is 13.7 Å². The fourth-order valence-corrected chi connectivity index (χ4v) is 0.753. The van der Waals surface area contributed by atoms with Crippen molar-refractivity contribution < 1.29 is 22.3 Å². The largest absolute Gasteiger partial charge is 0.759 e. The van der Waals surface area contributed by atoms with Crippen LogP contribution >= 0.6 is 0 Å². The highest BCUT2D eigenvalue weighted by atomic mass is 32.3. The predicted octanol–water partition coefficient (Wildman–Crippen LogP) is -0.0675. The number of methoxy groups -OCH3 is 1. The van der Waals surface area contributed by atoms with Crippen molar-refractivity contribution in [2.45, 2.75) is 6.42 Å². The maximum absolute atomic E-state index is 8.52. The van der Waals surface area contributed by atoms with Crippen LogP contribution in [0, 0.1) is 0 Å². The molecule has 1 rings (SSSR count). The standard InChI is InChI=1S/C8H11NO.H2O4S/c1-10-7-5-8-4-2-3-6-9-8;1-5(2,3)4/h2-4,6H,5,7H2,1H3;(H2,1,2,3,4)/p-2. The van der Waals surface area contributed by atoms with E-state index in [2.05, 4.69) is 4.98 Å². The number of pyridine rings is 1. The average Bonchev–Trinajstić information content (AvgIpc) is 2.14. The Kier molecular flexibility index (Phi) is 6.80. The molecule has 6 nitrogen and oxygen atoms in total. The second-order valence-electron chi connectivity index (χ2n) is 2.47. The topological polar surface area (TPSA) is 102 Å². The quantitative estimate of drug-likeness (QED) is 0.535. The minimum Gasteiger partial charge on any atom is -0.759 e. The van der Waals surface area contributed by atoms with Gasteiger partial charge in [0.15, 0.2) is 0 Å². The van der Waals surface area contributed by atoms with Gasteiger partial charge in [0.2, 0.25) is 0 Å². The van der Waals surface area contributed by atoms with E-state index in [1.807, 2.05) is 18.2 Å². The second kappa shape index (κ2) is 7.30. The van der Waals surface area contributed by atoms with Gasteiger partial charge >= 0.3 is 0 Å². The lowest BCUT2D eigenvalue weighted by atomic mass is 10.3. The van der Waals surface area contributed by atoms with Gasteiger partial charge in [-0.1, -0.05) is 6.07 Å². The van der Waals surface area contributed by atoms with Gasteiger partial charge in [0.25, 0.3) is 0 Å². The zero-order valence-electron chi connectivity index (χ0n) is 8.12. The Balaban J connectivity index is 0.000000336. The Morgan fingerprint density at radius 3 is 2.40 bits per heavy atom. The Morgan fingerprint density at radius 1 is 1.40 bits per heavy atom. The summed E-state index contributed by atoms with van der Waals surface area (Å²) in [5.74, 6) is 0. The fraction of sp³-hybridized carbons (Fsp3) is 0.375. The van der Waals surface area contributed by atoms with Crippen LogP contribution in [0.2, 0.25) is 0 Å². The van der Waals surface area contributed by atoms with E-state index in [4.69, 9.17) is 22.3 Å². The molecule has 0 radical (unpaired) electrons. The van der Waals surface area contributed by atoms with E-state index >= 15 is 0 Å². The first kappa shape index (κ1) is 14.0. The van der Waals surface area contributed by atoms with Gasteiger partial charge in [-0.3, -0.25) is 13.4 Å². The summed E-state index contributed by atoms with van der Waals surface area (Å²) in [5, 5.41) is 0. The van der Waals surface area contributed by atoms with Crippen molar-refractivity contribution in [1.29, 1.82) is 0 Å². The van der Waals surface area contributed by atoms with E-state index in [1.165, 1.54) is 0 Å². The van der Waals surface area contributed by atoms with E-state index in [-0.39, 0.29) is 0 Å². The number of hydrogen-bond acceptors (Lipinski definition) is 6. The molecule has 1 aromatic rings. The maximum atomic E-state index is 8.52. The van der Waals surface area contributed by atoms with E-state index in [0.717, 1.165) is 18.7 Å². The molecule has 1 aromatic heterocycles. The molecule has 15 heavy (non-hydrogen) atoms. The van der Waals surface area contributed by atoms with Crippen LogP contribution in [0.5, 0.6) is 0 Å². The van der Waals surface area contributed by atoms with Crippen LogP contribution < -0.4 is 0 Å². The number of nitrogens with zero attached hydrogens (tertiary/aromatic N) is 1. The third kappa shape index (κ3) is 13.0. The molecule has 0 saturated heterocycles. The van der Waals surface area contributed by atoms with Gasteiger partial charge < -0.3 is 13.8 Å². The summed E-state index contributed by atoms with van der Waals surface area (Å²) >= 11 is 0. The van der Waals surface area contributed by atoms with Crippen LogP contribution in [0.4, 0.5) is 0 Å². The normalized spacial score (nSPS) is 10.3. The molecular formula is C8H11NO5S-2. The number of ether oxygens (including phenoxy) is 1. The minimum atomic E-state index is -5.17. The minimum absolute atomic E-state index is 0.747. The van der Waals surface area contributed by atoms with Gasteiger partial charge in [-0.2, -0.15) is 0 Å². The molecule has 0 aromatic carbocycles. The van der Waals surface area contributed by atoms with Crippen molar-refractivity contribution in [3.63, 3.8) is 0 Å². The molecule has 86 valence electrons. The van der Waals surface area contributed by atoms with Gasteiger partial charge in [0.05, 0.1) is 6.61 Å². The maximum Gasteiger partial charge on any atom is 0.0517 e. The SMILES string of the molecule is COCCc1ccccn1.O=S(=O)([O-])[O-]. The van der Waals surface area contributed by atoms with E-state index in [1.54, 1.807) is 13.3 Å². The number of rotatable bonds is 3. The summed E-state index contributed by atoms with van der Waals surface area (Å²) in [5.41, 5.74) is 1.09. The average molecular weight is 233 g/mol. The van der Waals surface area contributed by atoms with E-state index in [9.17, 15) is 0 Å². The molecule has 0 saturated carbocycles. The molecule has 0 atom stereocenters. The molecule has 0 aliphatic heterocycles. The van der Waals surface area contributed by atoms with Crippen molar-refractivity contribution in [3.8, 4) is 0 Å². The monoisotopic (exact) mass is 233 g/mol. The zero-order chi connectivity index (χ0) is 11.7. The van der Waals surface area contributed by atoms with Crippen LogP contribution in [0.25, 0.3) is 0 Å². The summed E-state index contributed by atoms with van der Waals surface area (Å²) in [7, 11) is -3.47. The van der Waals surface area contributed by atoms with E-state index < -0.39 is 10.4 Å². The lowest BCUT2D eigenvalue weighted by Crippen LogP contribution is -1.95. The first-order valence-electron chi connectivity index (χ1n) is 3.99. The predicted molar refractivity (Wildman–Crippen MR) is 50.3 cm³/mol. The molecule has 7 heteroatoms. The summed E-state index contributed by atoms with van der Waals surface area (Å²) in [6.07, 6.45) is 2.70. The lowest BCUT2D eigenvalue weighted by Gasteiger charge is -2.06. The molecule has 0 aliphatic rings. The van der Waals surface area contributed by atoms with Gasteiger partial charge in [0, 0.05) is 35.8 Å². The Bertz CT molecular complexity index is 343. The van der Waals surface area contributed by atoms with Crippen LogP contribution in [0.1, 0.15) is 5.69 Å². The lowest BCUT2D eigenvalue weighted by molar-refractivity contribution is 0.201. The first-order valence-corrected chi connectivity index (χ1v) is 5.32. The second-order valence-corrected chi connectivity index (χ2v) is 3.29. The van der Waals surface area contributed by atoms with Crippen molar-refractivity contribution in [2.24, 2.45) is 0 Å². The highest BCUT2D eigenvalue weighted by Crippen LogP contribution is 1.93. The smallest absolute Gasteiger partial charge is 0.0517 e. The molecular weight excluding hydrogens is 222 g/mol. The summed E-state index contributed by atoms with van der Waals surface area (Å²) in [6.45, 7) is 0.747. The summed E-state index contributed by atoms with van der Waals surface area (Å²) < 4.78 is 39.0. The molecule has 0 amide bonds.